The Morgan fingerprint density at radius 2 is 2.06 bits per heavy atom. The maximum absolute atomic E-state index is 6.08. The fourth-order valence-electron chi connectivity index (χ4n) is 3.05. The molecule has 0 amide bonds. The first kappa shape index (κ1) is 11.5. The van der Waals surface area contributed by atoms with Crippen LogP contribution in [0.25, 0.3) is 5.69 Å². The maximum Gasteiger partial charge on any atom is 0.0649 e. The van der Waals surface area contributed by atoms with Crippen molar-refractivity contribution in [2.75, 3.05) is 0 Å². The molecule has 0 aliphatic heterocycles. The van der Waals surface area contributed by atoms with E-state index in [1.165, 1.54) is 5.69 Å². The van der Waals surface area contributed by atoms with Gasteiger partial charge in [-0.05, 0) is 37.5 Å². The van der Waals surface area contributed by atoms with Crippen LogP contribution in [0.2, 0.25) is 0 Å². The number of nitrogens with zero attached hydrogens (tertiary/aromatic N) is 2. The molecular formula is C15H19N3. The van der Waals surface area contributed by atoms with Crippen LogP contribution in [0.5, 0.6) is 0 Å². The minimum absolute atomic E-state index is 0.158. The van der Waals surface area contributed by atoms with Crippen molar-refractivity contribution in [1.82, 2.24) is 9.78 Å². The van der Waals surface area contributed by atoms with Gasteiger partial charge in [0.25, 0.3) is 0 Å². The molecule has 1 heterocycles. The lowest BCUT2D eigenvalue weighted by Gasteiger charge is -2.25. The van der Waals surface area contributed by atoms with Gasteiger partial charge in [-0.3, -0.25) is 0 Å². The van der Waals surface area contributed by atoms with Crippen LogP contribution >= 0.6 is 0 Å². The first-order valence-corrected chi connectivity index (χ1v) is 6.55. The van der Waals surface area contributed by atoms with Crippen molar-refractivity contribution in [2.45, 2.75) is 37.6 Å². The summed E-state index contributed by atoms with van der Waals surface area (Å²) in [6.07, 6.45) is 5.19. The molecule has 2 unspecified atom stereocenters. The molecule has 1 fully saturated rings. The van der Waals surface area contributed by atoms with Crippen LogP contribution in [-0.4, -0.2) is 15.8 Å². The highest BCUT2D eigenvalue weighted by molar-refractivity contribution is 5.35. The SMILES string of the molecule is CC1(c2ccnn2-c2ccccc2)CCC(N)C1. The number of aromatic nitrogens is 2. The Balaban J connectivity index is 2.02. The molecule has 1 aromatic carbocycles. The molecule has 3 nitrogen and oxygen atoms in total. The van der Waals surface area contributed by atoms with Gasteiger partial charge in [-0.2, -0.15) is 5.10 Å². The molecule has 18 heavy (non-hydrogen) atoms. The van der Waals surface area contributed by atoms with Crippen molar-refractivity contribution < 1.29 is 0 Å². The van der Waals surface area contributed by atoms with E-state index in [1.54, 1.807) is 0 Å². The lowest BCUT2D eigenvalue weighted by Crippen LogP contribution is -2.25. The Morgan fingerprint density at radius 3 is 2.72 bits per heavy atom. The molecule has 2 atom stereocenters. The summed E-state index contributed by atoms with van der Waals surface area (Å²) < 4.78 is 2.05. The number of rotatable bonds is 2. The van der Waals surface area contributed by atoms with Gasteiger partial charge >= 0.3 is 0 Å². The van der Waals surface area contributed by atoms with Crippen molar-refractivity contribution in [2.24, 2.45) is 5.73 Å². The number of para-hydroxylation sites is 1. The van der Waals surface area contributed by atoms with E-state index in [0.29, 0.717) is 6.04 Å². The number of hydrogen-bond acceptors (Lipinski definition) is 2. The number of benzene rings is 1. The Labute approximate surface area is 108 Å². The van der Waals surface area contributed by atoms with Crippen LogP contribution < -0.4 is 5.73 Å². The third-order valence-corrected chi connectivity index (χ3v) is 4.04. The molecule has 0 saturated heterocycles. The Bertz CT molecular complexity index is 532. The highest BCUT2D eigenvalue weighted by atomic mass is 15.3. The zero-order valence-electron chi connectivity index (χ0n) is 10.7. The second kappa shape index (κ2) is 4.25. The molecule has 2 N–H and O–H groups in total. The molecule has 1 aliphatic carbocycles. The minimum Gasteiger partial charge on any atom is -0.328 e. The van der Waals surface area contributed by atoms with E-state index in [1.807, 2.05) is 24.4 Å². The monoisotopic (exact) mass is 241 g/mol. The fourth-order valence-corrected chi connectivity index (χ4v) is 3.05. The largest absolute Gasteiger partial charge is 0.328 e. The zero-order chi connectivity index (χ0) is 12.6. The maximum atomic E-state index is 6.08. The normalized spacial score (nSPS) is 27.6. The highest BCUT2D eigenvalue weighted by Crippen LogP contribution is 2.40. The van der Waals surface area contributed by atoms with Crippen molar-refractivity contribution in [1.29, 1.82) is 0 Å². The topological polar surface area (TPSA) is 43.8 Å². The van der Waals surface area contributed by atoms with E-state index in [2.05, 4.69) is 34.9 Å². The van der Waals surface area contributed by atoms with Crippen LogP contribution in [0, 0.1) is 0 Å². The molecule has 0 bridgehead atoms. The summed E-state index contributed by atoms with van der Waals surface area (Å²) in [4.78, 5) is 0. The summed E-state index contributed by atoms with van der Waals surface area (Å²) in [5.41, 5.74) is 8.64. The summed E-state index contributed by atoms with van der Waals surface area (Å²) in [6.45, 7) is 2.30. The van der Waals surface area contributed by atoms with Crippen LogP contribution in [0.15, 0.2) is 42.6 Å². The van der Waals surface area contributed by atoms with Crippen LogP contribution in [-0.2, 0) is 5.41 Å². The van der Waals surface area contributed by atoms with E-state index < -0.39 is 0 Å². The lowest BCUT2D eigenvalue weighted by atomic mass is 9.84. The first-order valence-electron chi connectivity index (χ1n) is 6.55. The first-order chi connectivity index (χ1) is 8.69. The van der Waals surface area contributed by atoms with Crippen molar-refractivity contribution in [3.05, 3.63) is 48.3 Å². The highest BCUT2D eigenvalue weighted by Gasteiger charge is 2.37. The fraction of sp³-hybridized carbons (Fsp3) is 0.400. The third kappa shape index (κ3) is 1.85. The van der Waals surface area contributed by atoms with Gasteiger partial charge in [0.05, 0.1) is 11.4 Å². The molecule has 1 aliphatic rings. The average molecular weight is 241 g/mol. The molecule has 94 valence electrons. The van der Waals surface area contributed by atoms with E-state index in [4.69, 9.17) is 5.73 Å². The predicted octanol–water partition coefficient (Wildman–Crippen LogP) is 2.64. The van der Waals surface area contributed by atoms with Crippen molar-refractivity contribution in [3.63, 3.8) is 0 Å². The van der Waals surface area contributed by atoms with Gasteiger partial charge in [0, 0.05) is 17.7 Å². The van der Waals surface area contributed by atoms with E-state index in [9.17, 15) is 0 Å². The van der Waals surface area contributed by atoms with Gasteiger partial charge in [-0.1, -0.05) is 25.1 Å². The molecule has 1 aromatic heterocycles. The smallest absolute Gasteiger partial charge is 0.0649 e. The molecule has 1 saturated carbocycles. The summed E-state index contributed by atoms with van der Waals surface area (Å²) in [6, 6.07) is 12.8. The Hall–Kier alpha value is -1.61. The molecule has 0 spiro atoms. The van der Waals surface area contributed by atoms with Gasteiger partial charge in [0.2, 0.25) is 0 Å². The second-order valence-corrected chi connectivity index (χ2v) is 5.53. The van der Waals surface area contributed by atoms with Crippen LogP contribution in [0.1, 0.15) is 31.9 Å². The predicted molar refractivity (Wildman–Crippen MR) is 72.7 cm³/mol. The Morgan fingerprint density at radius 1 is 1.28 bits per heavy atom. The van der Waals surface area contributed by atoms with Gasteiger partial charge in [0.15, 0.2) is 0 Å². The molecular weight excluding hydrogens is 222 g/mol. The van der Waals surface area contributed by atoms with E-state index in [0.717, 1.165) is 24.9 Å². The second-order valence-electron chi connectivity index (χ2n) is 5.53. The van der Waals surface area contributed by atoms with E-state index in [-0.39, 0.29) is 5.41 Å². The molecule has 0 radical (unpaired) electrons. The van der Waals surface area contributed by atoms with Crippen molar-refractivity contribution >= 4 is 0 Å². The summed E-state index contributed by atoms with van der Waals surface area (Å²) in [5.74, 6) is 0. The Kier molecular flexibility index (Phi) is 2.71. The average Bonchev–Trinajstić information content (AvgIpc) is 2.98. The minimum atomic E-state index is 0.158. The summed E-state index contributed by atoms with van der Waals surface area (Å²) in [5, 5.41) is 4.48. The lowest BCUT2D eigenvalue weighted by molar-refractivity contribution is 0.453. The van der Waals surface area contributed by atoms with Gasteiger partial charge in [-0.15, -0.1) is 0 Å². The summed E-state index contributed by atoms with van der Waals surface area (Å²) in [7, 11) is 0. The van der Waals surface area contributed by atoms with Gasteiger partial charge in [0.1, 0.15) is 0 Å². The number of nitrogens with two attached hydrogens (primary N) is 1. The molecule has 3 heteroatoms. The summed E-state index contributed by atoms with van der Waals surface area (Å²) >= 11 is 0. The molecule has 2 aromatic rings. The van der Waals surface area contributed by atoms with Gasteiger partial charge in [-0.25, -0.2) is 4.68 Å². The molecule has 3 rings (SSSR count). The van der Waals surface area contributed by atoms with Crippen LogP contribution in [0.3, 0.4) is 0 Å². The van der Waals surface area contributed by atoms with Gasteiger partial charge < -0.3 is 5.73 Å². The standard InChI is InChI=1S/C15H19N3/c1-15(9-7-12(16)11-15)14-8-10-17-18(14)13-5-3-2-4-6-13/h2-6,8,10,12H,7,9,11,16H2,1H3. The van der Waals surface area contributed by atoms with E-state index >= 15 is 0 Å². The quantitative estimate of drug-likeness (QED) is 0.878. The van der Waals surface area contributed by atoms with Crippen molar-refractivity contribution in [3.8, 4) is 5.69 Å². The number of hydrogen-bond donors (Lipinski definition) is 1. The third-order valence-electron chi connectivity index (χ3n) is 4.04. The zero-order valence-corrected chi connectivity index (χ0v) is 10.7. The van der Waals surface area contributed by atoms with Crippen LogP contribution in [0.4, 0.5) is 0 Å².